The number of hydrogen-bond acceptors (Lipinski definition) is 3. The first-order chi connectivity index (χ1) is 9.22. The van der Waals surface area contributed by atoms with Crippen LogP contribution in [0.3, 0.4) is 0 Å². The van der Waals surface area contributed by atoms with Crippen LogP contribution < -0.4 is 0 Å². The van der Waals surface area contributed by atoms with Crippen LogP contribution in [0.2, 0.25) is 4.34 Å². The van der Waals surface area contributed by atoms with Crippen LogP contribution in [0.4, 0.5) is 0 Å². The Morgan fingerprint density at radius 3 is 3.21 bits per heavy atom. The van der Waals surface area contributed by atoms with Crippen LogP contribution in [0.15, 0.2) is 35.2 Å². The topological polar surface area (TPSA) is 33.5 Å². The van der Waals surface area contributed by atoms with Crippen molar-refractivity contribution in [1.82, 2.24) is 4.90 Å². The van der Waals surface area contributed by atoms with Crippen molar-refractivity contribution in [3.05, 3.63) is 51.1 Å². The third kappa shape index (κ3) is 2.74. The largest absolute Gasteiger partial charge is 0.472 e. The molecule has 0 bridgehead atoms. The smallest absolute Gasteiger partial charge is 0.246 e. The summed E-state index contributed by atoms with van der Waals surface area (Å²) in [6, 6.07) is 3.78. The van der Waals surface area contributed by atoms with Crippen molar-refractivity contribution in [2.75, 3.05) is 6.54 Å². The highest BCUT2D eigenvalue weighted by Gasteiger charge is 2.21. The van der Waals surface area contributed by atoms with E-state index < -0.39 is 0 Å². The quantitative estimate of drug-likeness (QED) is 0.793. The van der Waals surface area contributed by atoms with Crippen molar-refractivity contribution >= 4 is 34.9 Å². The van der Waals surface area contributed by atoms with Gasteiger partial charge in [-0.3, -0.25) is 4.79 Å². The van der Waals surface area contributed by atoms with Crippen LogP contribution in [0.5, 0.6) is 0 Å². The zero-order valence-electron chi connectivity index (χ0n) is 10.1. The molecule has 0 fully saturated rings. The maximum atomic E-state index is 12.1. The first-order valence-electron chi connectivity index (χ1n) is 5.98. The molecule has 0 unspecified atom stereocenters. The van der Waals surface area contributed by atoms with Crippen LogP contribution in [0.1, 0.15) is 16.0 Å². The molecule has 3 heterocycles. The summed E-state index contributed by atoms with van der Waals surface area (Å²) < 4.78 is 5.75. The highest BCUT2D eigenvalue weighted by Crippen LogP contribution is 2.31. The molecule has 2 aromatic heterocycles. The number of furan rings is 1. The van der Waals surface area contributed by atoms with E-state index in [1.54, 1.807) is 36.0 Å². The van der Waals surface area contributed by atoms with Gasteiger partial charge in [-0.25, -0.2) is 0 Å². The lowest BCUT2D eigenvalue weighted by molar-refractivity contribution is -0.126. The van der Waals surface area contributed by atoms with Crippen molar-refractivity contribution in [3.8, 4) is 0 Å². The zero-order valence-corrected chi connectivity index (χ0v) is 11.7. The maximum absolute atomic E-state index is 12.1. The monoisotopic (exact) mass is 293 g/mol. The first-order valence-corrected chi connectivity index (χ1v) is 7.18. The van der Waals surface area contributed by atoms with Crippen molar-refractivity contribution in [1.29, 1.82) is 0 Å². The fraction of sp³-hybridized carbons (Fsp3) is 0.214. The van der Waals surface area contributed by atoms with Gasteiger partial charge in [-0.05, 0) is 30.2 Å². The molecule has 3 nitrogen and oxygen atoms in total. The Hall–Kier alpha value is -1.52. The number of halogens is 1. The number of hydrogen-bond donors (Lipinski definition) is 0. The summed E-state index contributed by atoms with van der Waals surface area (Å²) in [6.45, 7) is 1.39. The van der Waals surface area contributed by atoms with E-state index in [-0.39, 0.29) is 5.91 Å². The van der Waals surface area contributed by atoms with Crippen LogP contribution in [0.25, 0.3) is 6.08 Å². The van der Waals surface area contributed by atoms with Crippen LogP contribution in [0, 0.1) is 0 Å². The summed E-state index contributed by atoms with van der Waals surface area (Å²) in [6.07, 6.45) is 7.44. The molecule has 1 aliphatic rings. The summed E-state index contributed by atoms with van der Waals surface area (Å²) in [5.41, 5.74) is 2.07. The molecular weight excluding hydrogens is 282 g/mol. The Balaban J connectivity index is 1.69. The van der Waals surface area contributed by atoms with E-state index in [0.29, 0.717) is 6.54 Å². The molecule has 0 aliphatic carbocycles. The first kappa shape index (κ1) is 12.5. The van der Waals surface area contributed by atoms with Gasteiger partial charge in [0.25, 0.3) is 0 Å². The average molecular weight is 294 g/mol. The standard InChI is InChI=1S/C14H12ClNO2S/c15-13-7-11-8-16(5-3-12(11)19-13)14(17)2-1-10-4-6-18-9-10/h1-2,4,6-7,9H,3,5,8H2/b2-1+. The molecule has 1 aliphatic heterocycles. The molecule has 0 atom stereocenters. The number of amides is 1. The highest BCUT2D eigenvalue weighted by atomic mass is 35.5. The van der Waals surface area contributed by atoms with Crippen molar-refractivity contribution in [2.24, 2.45) is 0 Å². The fourth-order valence-corrected chi connectivity index (χ4v) is 3.42. The summed E-state index contributed by atoms with van der Waals surface area (Å²) in [7, 11) is 0. The Morgan fingerprint density at radius 2 is 2.42 bits per heavy atom. The zero-order chi connectivity index (χ0) is 13.2. The van der Waals surface area contributed by atoms with E-state index in [4.69, 9.17) is 16.0 Å². The number of carbonyl (C=O) groups excluding carboxylic acids is 1. The van der Waals surface area contributed by atoms with E-state index in [1.165, 1.54) is 10.4 Å². The van der Waals surface area contributed by atoms with Crippen LogP contribution >= 0.6 is 22.9 Å². The Kier molecular flexibility index (Phi) is 3.44. The number of nitrogens with zero attached hydrogens (tertiary/aromatic N) is 1. The maximum Gasteiger partial charge on any atom is 0.246 e. The van der Waals surface area contributed by atoms with Gasteiger partial charge >= 0.3 is 0 Å². The second kappa shape index (κ2) is 5.23. The second-order valence-electron chi connectivity index (χ2n) is 4.40. The molecular formula is C14H12ClNO2S. The van der Waals surface area contributed by atoms with Crippen LogP contribution in [-0.2, 0) is 17.8 Å². The second-order valence-corrected chi connectivity index (χ2v) is 6.17. The summed E-state index contributed by atoms with van der Waals surface area (Å²) in [5, 5.41) is 0. The highest BCUT2D eigenvalue weighted by molar-refractivity contribution is 7.16. The molecule has 0 spiro atoms. The number of fused-ring (bicyclic) bond motifs is 1. The van der Waals surface area contributed by atoms with Gasteiger partial charge in [-0.15, -0.1) is 11.3 Å². The third-order valence-corrected chi connectivity index (χ3v) is 4.48. The van der Waals surface area contributed by atoms with Crippen molar-refractivity contribution in [2.45, 2.75) is 13.0 Å². The Labute approximate surface area is 120 Å². The van der Waals surface area contributed by atoms with Gasteiger partial charge in [-0.2, -0.15) is 0 Å². The van der Waals surface area contributed by atoms with E-state index in [1.807, 2.05) is 17.0 Å². The van der Waals surface area contributed by atoms with Gasteiger partial charge in [0, 0.05) is 29.6 Å². The van der Waals surface area contributed by atoms with E-state index in [2.05, 4.69) is 0 Å². The lowest BCUT2D eigenvalue weighted by Gasteiger charge is -2.25. The lowest BCUT2D eigenvalue weighted by Crippen LogP contribution is -2.34. The van der Waals surface area contributed by atoms with Crippen molar-refractivity contribution < 1.29 is 9.21 Å². The summed E-state index contributed by atoms with van der Waals surface area (Å²) >= 11 is 7.61. The third-order valence-electron chi connectivity index (χ3n) is 3.11. The van der Waals surface area contributed by atoms with Gasteiger partial charge < -0.3 is 9.32 Å². The molecule has 0 aromatic carbocycles. The number of thiophene rings is 1. The fourth-order valence-electron chi connectivity index (χ4n) is 2.13. The van der Waals surface area contributed by atoms with E-state index >= 15 is 0 Å². The molecule has 98 valence electrons. The Bertz CT molecular complexity index is 615. The minimum atomic E-state index is 0.0224. The van der Waals surface area contributed by atoms with Gasteiger partial charge in [0.15, 0.2) is 0 Å². The van der Waals surface area contributed by atoms with E-state index in [9.17, 15) is 4.79 Å². The molecule has 0 radical (unpaired) electrons. The molecule has 5 heteroatoms. The minimum absolute atomic E-state index is 0.0224. The molecule has 1 amide bonds. The summed E-state index contributed by atoms with van der Waals surface area (Å²) in [4.78, 5) is 15.2. The van der Waals surface area contributed by atoms with Gasteiger partial charge in [0.2, 0.25) is 5.91 Å². The summed E-state index contributed by atoms with van der Waals surface area (Å²) in [5.74, 6) is 0.0224. The SMILES string of the molecule is O=C(/C=C/c1ccoc1)N1CCc2sc(Cl)cc2C1. The average Bonchev–Trinajstić information content (AvgIpc) is 3.02. The number of carbonyl (C=O) groups is 1. The number of rotatable bonds is 2. The molecule has 0 saturated carbocycles. The predicted octanol–water partition coefficient (Wildman–Crippen LogP) is 3.59. The van der Waals surface area contributed by atoms with Gasteiger partial charge in [0.05, 0.1) is 16.9 Å². The minimum Gasteiger partial charge on any atom is -0.472 e. The normalized spacial score (nSPS) is 14.9. The van der Waals surface area contributed by atoms with Gasteiger partial charge in [0.1, 0.15) is 0 Å². The molecule has 3 rings (SSSR count). The molecule has 0 saturated heterocycles. The van der Waals surface area contributed by atoms with Gasteiger partial charge in [-0.1, -0.05) is 11.6 Å². The van der Waals surface area contributed by atoms with E-state index in [0.717, 1.165) is 22.9 Å². The van der Waals surface area contributed by atoms with Crippen molar-refractivity contribution in [3.63, 3.8) is 0 Å². The Morgan fingerprint density at radius 1 is 1.53 bits per heavy atom. The van der Waals surface area contributed by atoms with Crippen LogP contribution in [-0.4, -0.2) is 17.4 Å². The predicted molar refractivity (Wildman–Crippen MR) is 76.2 cm³/mol. The molecule has 0 N–H and O–H groups in total. The molecule has 2 aromatic rings. The lowest BCUT2D eigenvalue weighted by atomic mass is 10.1. The molecule has 19 heavy (non-hydrogen) atoms.